The number of benzene rings is 1. The van der Waals surface area contributed by atoms with Crippen LogP contribution in [0.3, 0.4) is 0 Å². The predicted molar refractivity (Wildman–Crippen MR) is 85.8 cm³/mol. The Labute approximate surface area is 130 Å². The lowest BCUT2D eigenvalue weighted by atomic mass is 10.1. The Morgan fingerprint density at radius 1 is 1.15 bits per heavy atom. The number of aryl methyl sites for hydroxylation is 1. The summed E-state index contributed by atoms with van der Waals surface area (Å²) in [5, 5.41) is 5.50. The minimum Gasteiger partial charge on any atom is -0.265 e. The van der Waals surface area contributed by atoms with Gasteiger partial charge in [-0.25, -0.2) is 0 Å². The molecule has 0 spiro atoms. The number of hydrogen-bond donors (Lipinski definition) is 0. The second kappa shape index (κ2) is 6.64. The van der Waals surface area contributed by atoms with Crippen LogP contribution in [0.5, 0.6) is 0 Å². The molecule has 20 heavy (non-hydrogen) atoms. The van der Waals surface area contributed by atoms with E-state index in [9.17, 15) is 0 Å². The number of alkyl halides is 1. The highest BCUT2D eigenvalue weighted by Gasteiger charge is 2.19. The number of hydrogen-bond acceptors (Lipinski definition) is 1. The molecule has 0 radical (unpaired) electrons. The summed E-state index contributed by atoms with van der Waals surface area (Å²) in [6.07, 6.45) is 1.85. The van der Waals surface area contributed by atoms with Gasteiger partial charge in [-0.05, 0) is 37.5 Å². The fourth-order valence-corrected chi connectivity index (χ4v) is 2.93. The molecule has 0 bridgehead atoms. The molecule has 1 atom stereocenters. The summed E-state index contributed by atoms with van der Waals surface area (Å²) in [5.41, 5.74) is 4.74. The SMILES string of the molecule is CCc1nn(Cc2ccc(Cl)cc2)c(CC)c1C(C)Cl. The number of aromatic nitrogens is 2. The standard InChI is InChI=1S/C16H20Cl2N2/c1-4-14-16(11(3)17)15(5-2)20(19-14)10-12-6-8-13(18)9-7-12/h6-9,11H,4-5,10H2,1-3H3. The van der Waals surface area contributed by atoms with Crippen LogP contribution in [0, 0.1) is 0 Å². The first-order valence-electron chi connectivity index (χ1n) is 7.03. The maximum absolute atomic E-state index is 6.34. The monoisotopic (exact) mass is 310 g/mol. The third-order valence-corrected chi connectivity index (χ3v) is 3.96. The van der Waals surface area contributed by atoms with Crippen molar-refractivity contribution in [2.75, 3.05) is 0 Å². The average Bonchev–Trinajstić information content (AvgIpc) is 2.79. The van der Waals surface area contributed by atoms with Gasteiger partial charge in [0.15, 0.2) is 0 Å². The van der Waals surface area contributed by atoms with Crippen molar-refractivity contribution in [3.63, 3.8) is 0 Å². The Hall–Kier alpha value is -0.990. The van der Waals surface area contributed by atoms with Crippen molar-refractivity contribution < 1.29 is 0 Å². The minimum absolute atomic E-state index is 0.00105. The maximum atomic E-state index is 6.34. The van der Waals surface area contributed by atoms with Gasteiger partial charge in [0.25, 0.3) is 0 Å². The fraction of sp³-hybridized carbons (Fsp3) is 0.438. The maximum Gasteiger partial charge on any atom is 0.0671 e. The summed E-state index contributed by atoms with van der Waals surface area (Å²) in [6.45, 7) is 7.05. The molecule has 0 fully saturated rings. The molecule has 1 aromatic heterocycles. The summed E-state index contributed by atoms with van der Waals surface area (Å²) >= 11 is 12.3. The van der Waals surface area contributed by atoms with E-state index in [1.807, 2.05) is 31.2 Å². The van der Waals surface area contributed by atoms with Crippen molar-refractivity contribution in [2.45, 2.75) is 45.5 Å². The van der Waals surface area contributed by atoms with Crippen molar-refractivity contribution in [3.8, 4) is 0 Å². The highest BCUT2D eigenvalue weighted by atomic mass is 35.5. The van der Waals surface area contributed by atoms with Gasteiger partial charge in [0.05, 0.1) is 17.6 Å². The van der Waals surface area contributed by atoms with Gasteiger partial charge in [0, 0.05) is 16.3 Å². The normalized spacial score (nSPS) is 12.7. The Balaban J connectivity index is 2.38. The van der Waals surface area contributed by atoms with E-state index in [0.29, 0.717) is 0 Å². The van der Waals surface area contributed by atoms with Crippen molar-refractivity contribution in [2.24, 2.45) is 0 Å². The molecular formula is C16H20Cl2N2. The molecule has 0 amide bonds. The first kappa shape index (κ1) is 15.4. The molecule has 0 N–H and O–H groups in total. The van der Waals surface area contributed by atoms with Crippen LogP contribution in [-0.4, -0.2) is 9.78 Å². The van der Waals surface area contributed by atoms with Gasteiger partial charge in [-0.3, -0.25) is 4.68 Å². The molecule has 0 saturated carbocycles. The molecule has 0 aliphatic heterocycles. The Kier molecular flexibility index (Phi) is 5.11. The van der Waals surface area contributed by atoms with Gasteiger partial charge in [-0.15, -0.1) is 11.6 Å². The fourth-order valence-electron chi connectivity index (χ4n) is 2.55. The quantitative estimate of drug-likeness (QED) is 0.710. The smallest absolute Gasteiger partial charge is 0.0671 e. The van der Waals surface area contributed by atoms with Crippen LogP contribution >= 0.6 is 23.2 Å². The highest BCUT2D eigenvalue weighted by Crippen LogP contribution is 2.28. The summed E-state index contributed by atoms with van der Waals surface area (Å²) in [7, 11) is 0. The molecule has 1 aromatic carbocycles. The molecule has 4 heteroatoms. The van der Waals surface area contributed by atoms with E-state index in [0.717, 1.165) is 30.1 Å². The molecule has 2 nitrogen and oxygen atoms in total. The molecule has 1 unspecified atom stereocenters. The molecule has 108 valence electrons. The second-order valence-electron chi connectivity index (χ2n) is 4.91. The Morgan fingerprint density at radius 2 is 1.80 bits per heavy atom. The summed E-state index contributed by atoms with van der Waals surface area (Å²) in [5.74, 6) is 0. The third-order valence-electron chi connectivity index (χ3n) is 3.49. The third kappa shape index (κ3) is 3.18. The van der Waals surface area contributed by atoms with Crippen molar-refractivity contribution in [1.29, 1.82) is 0 Å². The van der Waals surface area contributed by atoms with Crippen LogP contribution in [-0.2, 0) is 19.4 Å². The van der Waals surface area contributed by atoms with Gasteiger partial charge >= 0.3 is 0 Å². The number of nitrogens with zero attached hydrogens (tertiary/aromatic N) is 2. The summed E-state index contributed by atoms with van der Waals surface area (Å²) in [6, 6.07) is 7.91. The van der Waals surface area contributed by atoms with E-state index in [4.69, 9.17) is 28.3 Å². The zero-order valence-corrected chi connectivity index (χ0v) is 13.7. The van der Waals surface area contributed by atoms with Crippen LogP contribution in [0.15, 0.2) is 24.3 Å². The van der Waals surface area contributed by atoms with E-state index in [2.05, 4.69) is 18.5 Å². The van der Waals surface area contributed by atoms with Crippen LogP contribution in [0.1, 0.15) is 48.7 Å². The Morgan fingerprint density at radius 3 is 2.30 bits per heavy atom. The van der Waals surface area contributed by atoms with Crippen molar-refractivity contribution in [1.82, 2.24) is 9.78 Å². The van der Waals surface area contributed by atoms with E-state index in [1.165, 1.54) is 16.8 Å². The summed E-state index contributed by atoms with van der Waals surface area (Å²) < 4.78 is 2.08. The largest absolute Gasteiger partial charge is 0.265 e. The zero-order chi connectivity index (χ0) is 14.7. The minimum atomic E-state index is -0.00105. The van der Waals surface area contributed by atoms with E-state index >= 15 is 0 Å². The van der Waals surface area contributed by atoms with E-state index in [1.54, 1.807) is 0 Å². The van der Waals surface area contributed by atoms with Gasteiger partial charge in [-0.2, -0.15) is 5.10 Å². The van der Waals surface area contributed by atoms with Crippen LogP contribution in [0.25, 0.3) is 0 Å². The first-order valence-corrected chi connectivity index (χ1v) is 7.85. The lowest BCUT2D eigenvalue weighted by Gasteiger charge is -2.09. The van der Waals surface area contributed by atoms with E-state index < -0.39 is 0 Å². The lowest BCUT2D eigenvalue weighted by Crippen LogP contribution is -2.06. The van der Waals surface area contributed by atoms with E-state index in [-0.39, 0.29) is 5.38 Å². The molecule has 0 saturated heterocycles. The van der Waals surface area contributed by atoms with Gasteiger partial charge in [0.1, 0.15) is 0 Å². The van der Waals surface area contributed by atoms with Gasteiger partial charge in [-0.1, -0.05) is 37.6 Å². The lowest BCUT2D eigenvalue weighted by molar-refractivity contribution is 0.639. The number of rotatable bonds is 5. The molecule has 2 rings (SSSR count). The molecule has 2 aromatic rings. The van der Waals surface area contributed by atoms with Gasteiger partial charge in [0.2, 0.25) is 0 Å². The number of halogens is 2. The molecule has 0 aliphatic carbocycles. The van der Waals surface area contributed by atoms with Crippen LogP contribution in [0.4, 0.5) is 0 Å². The zero-order valence-electron chi connectivity index (χ0n) is 12.2. The predicted octanol–water partition coefficient (Wildman–Crippen LogP) is 5.01. The second-order valence-corrected chi connectivity index (χ2v) is 6.01. The van der Waals surface area contributed by atoms with Crippen LogP contribution < -0.4 is 0 Å². The Bertz CT molecular complexity index is 571. The molecular weight excluding hydrogens is 291 g/mol. The van der Waals surface area contributed by atoms with Crippen molar-refractivity contribution in [3.05, 3.63) is 51.8 Å². The summed E-state index contributed by atoms with van der Waals surface area (Å²) in [4.78, 5) is 0. The molecule has 1 heterocycles. The topological polar surface area (TPSA) is 17.8 Å². The first-order chi connectivity index (χ1) is 9.56. The van der Waals surface area contributed by atoms with Crippen molar-refractivity contribution >= 4 is 23.2 Å². The highest BCUT2D eigenvalue weighted by molar-refractivity contribution is 6.30. The van der Waals surface area contributed by atoms with Crippen LogP contribution in [0.2, 0.25) is 5.02 Å². The average molecular weight is 311 g/mol. The van der Waals surface area contributed by atoms with Gasteiger partial charge < -0.3 is 0 Å². The molecule has 0 aliphatic rings.